The van der Waals surface area contributed by atoms with Crippen LogP contribution in [-0.4, -0.2) is 59.3 Å². The van der Waals surface area contributed by atoms with E-state index in [0.29, 0.717) is 18.7 Å². The lowest BCUT2D eigenvalue weighted by Gasteiger charge is -2.28. The number of carbonyl (C=O) groups is 1. The smallest absolute Gasteiger partial charge is 0.254 e. The highest BCUT2D eigenvalue weighted by Gasteiger charge is 2.27. The van der Waals surface area contributed by atoms with Gasteiger partial charge in [0.05, 0.1) is 34.6 Å². The molecule has 0 bridgehead atoms. The summed E-state index contributed by atoms with van der Waals surface area (Å²) in [5, 5.41) is 0. The van der Waals surface area contributed by atoms with Gasteiger partial charge in [0.1, 0.15) is 0 Å². The molecule has 0 unspecified atom stereocenters. The summed E-state index contributed by atoms with van der Waals surface area (Å²) in [6.07, 6.45) is 4.41. The first-order chi connectivity index (χ1) is 13.1. The number of rotatable bonds is 5. The second-order valence-electron chi connectivity index (χ2n) is 7.58. The molecule has 2 fully saturated rings. The van der Waals surface area contributed by atoms with E-state index in [1.165, 1.54) is 0 Å². The average molecular weight is 369 g/mol. The van der Waals surface area contributed by atoms with E-state index in [2.05, 4.69) is 9.97 Å². The first-order valence-corrected chi connectivity index (χ1v) is 9.87. The molecule has 1 aromatic heterocycles. The van der Waals surface area contributed by atoms with Crippen molar-refractivity contribution in [2.24, 2.45) is 0 Å². The molecular weight excluding hydrogens is 342 g/mol. The van der Waals surface area contributed by atoms with E-state index in [-0.39, 0.29) is 18.1 Å². The second-order valence-corrected chi connectivity index (χ2v) is 7.58. The molecule has 0 radical (unpaired) electrons. The van der Waals surface area contributed by atoms with Crippen LogP contribution >= 0.6 is 0 Å². The molecule has 1 aromatic carbocycles. The average Bonchev–Trinajstić information content (AvgIpc) is 3.35. The lowest BCUT2D eigenvalue weighted by atomic mass is 10.1. The molecular formula is C21H27N3O3. The summed E-state index contributed by atoms with van der Waals surface area (Å²) in [6.45, 7) is 6.71. The van der Waals surface area contributed by atoms with Crippen LogP contribution in [0.2, 0.25) is 0 Å². The highest BCUT2D eigenvalue weighted by atomic mass is 16.5. The zero-order chi connectivity index (χ0) is 18.8. The number of amides is 1. The van der Waals surface area contributed by atoms with Crippen LogP contribution in [0.5, 0.6) is 0 Å². The van der Waals surface area contributed by atoms with Gasteiger partial charge in [-0.1, -0.05) is 0 Å². The van der Waals surface area contributed by atoms with Gasteiger partial charge in [-0.3, -0.25) is 4.79 Å². The van der Waals surface area contributed by atoms with Gasteiger partial charge in [-0.25, -0.2) is 9.97 Å². The van der Waals surface area contributed by atoms with Crippen molar-refractivity contribution in [1.29, 1.82) is 0 Å². The SMILES string of the molecule is Cc1nc2ccc(C(=O)N(C[C@@H]3CCCO3)C[C@@H]3CCCO3)cc2nc1C. The van der Waals surface area contributed by atoms with Gasteiger partial charge in [-0.15, -0.1) is 0 Å². The van der Waals surface area contributed by atoms with Gasteiger partial charge in [0.25, 0.3) is 5.91 Å². The lowest BCUT2D eigenvalue weighted by molar-refractivity contribution is 0.0307. The Kier molecular flexibility index (Phi) is 5.36. The van der Waals surface area contributed by atoms with Crippen LogP contribution in [-0.2, 0) is 9.47 Å². The Balaban J connectivity index is 1.58. The molecule has 144 valence electrons. The third-order valence-corrected chi connectivity index (χ3v) is 5.51. The van der Waals surface area contributed by atoms with Gasteiger partial charge in [0.2, 0.25) is 0 Å². The van der Waals surface area contributed by atoms with Crippen molar-refractivity contribution in [3.05, 3.63) is 35.2 Å². The maximum atomic E-state index is 13.3. The van der Waals surface area contributed by atoms with Gasteiger partial charge in [0.15, 0.2) is 0 Å². The Bertz CT molecular complexity index is 809. The highest BCUT2D eigenvalue weighted by Crippen LogP contribution is 2.21. The first-order valence-electron chi connectivity index (χ1n) is 9.87. The topological polar surface area (TPSA) is 64.6 Å². The Morgan fingerprint density at radius 1 is 1.00 bits per heavy atom. The predicted molar refractivity (Wildman–Crippen MR) is 103 cm³/mol. The molecule has 1 amide bonds. The van der Waals surface area contributed by atoms with Crippen molar-refractivity contribution in [2.45, 2.75) is 51.7 Å². The van der Waals surface area contributed by atoms with Crippen molar-refractivity contribution in [1.82, 2.24) is 14.9 Å². The van der Waals surface area contributed by atoms with E-state index in [0.717, 1.165) is 61.3 Å². The molecule has 6 heteroatoms. The Morgan fingerprint density at radius 3 is 2.15 bits per heavy atom. The number of benzene rings is 1. The molecule has 0 aliphatic carbocycles. The quantitative estimate of drug-likeness (QED) is 0.810. The maximum absolute atomic E-state index is 13.3. The van der Waals surface area contributed by atoms with Gasteiger partial charge in [-0.2, -0.15) is 0 Å². The van der Waals surface area contributed by atoms with Crippen LogP contribution in [0.3, 0.4) is 0 Å². The van der Waals surface area contributed by atoms with Crippen LogP contribution in [0, 0.1) is 13.8 Å². The van der Waals surface area contributed by atoms with Gasteiger partial charge in [-0.05, 0) is 57.7 Å². The molecule has 2 aromatic rings. The Labute approximate surface area is 159 Å². The summed E-state index contributed by atoms with van der Waals surface area (Å²) in [7, 11) is 0. The number of carbonyl (C=O) groups excluding carboxylic acids is 1. The summed E-state index contributed by atoms with van der Waals surface area (Å²) in [4.78, 5) is 24.3. The van der Waals surface area contributed by atoms with Crippen molar-refractivity contribution < 1.29 is 14.3 Å². The van der Waals surface area contributed by atoms with Crippen LogP contribution in [0.15, 0.2) is 18.2 Å². The van der Waals surface area contributed by atoms with Crippen LogP contribution in [0.25, 0.3) is 11.0 Å². The molecule has 0 spiro atoms. The minimum Gasteiger partial charge on any atom is -0.376 e. The molecule has 6 nitrogen and oxygen atoms in total. The molecule has 2 saturated heterocycles. The molecule has 2 aliphatic rings. The molecule has 27 heavy (non-hydrogen) atoms. The summed E-state index contributed by atoms with van der Waals surface area (Å²) in [5.74, 6) is 0.0166. The van der Waals surface area contributed by atoms with E-state index in [4.69, 9.17) is 9.47 Å². The maximum Gasteiger partial charge on any atom is 0.254 e. The molecule has 4 rings (SSSR count). The van der Waals surface area contributed by atoms with E-state index in [9.17, 15) is 4.79 Å². The van der Waals surface area contributed by atoms with Crippen molar-refractivity contribution >= 4 is 16.9 Å². The first kappa shape index (κ1) is 18.3. The fourth-order valence-electron chi connectivity index (χ4n) is 3.85. The number of ether oxygens (including phenoxy) is 2. The summed E-state index contributed by atoms with van der Waals surface area (Å²) < 4.78 is 11.6. The summed E-state index contributed by atoms with van der Waals surface area (Å²) >= 11 is 0. The number of aromatic nitrogens is 2. The van der Waals surface area contributed by atoms with Crippen LogP contribution in [0.1, 0.15) is 47.4 Å². The van der Waals surface area contributed by atoms with Gasteiger partial charge >= 0.3 is 0 Å². The highest BCUT2D eigenvalue weighted by molar-refractivity contribution is 5.97. The lowest BCUT2D eigenvalue weighted by Crippen LogP contribution is -2.42. The number of hydrogen-bond donors (Lipinski definition) is 0. The van der Waals surface area contributed by atoms with Crippen molar-refractivity contribution in [2.75, 3.05) is 26.3 Å². The summed E-state index contributed by atoms with van der Waals surface area (Å²) in [6, 6.07) is 5.60. The minimum absolute atomic E-state index is 0.0166. The summed E-state index contributed by atoms with van der Waals surface area (Å²) in [5.41, 5.74) is 4.04. The third kappa shape index (κ3) is 4.12. The van der Waals surface area contributed by atoms with Gasteiger partial charge in [0, 0.05) is 31.9 Å². The van der Waals surface area contributed by atoms with E-state index < -0.39 is 0 Å². The molecule has 2 atom stereocenters. The van der Waals surface area contributed by atoms with Gasteiger partial charge < -0.3 is 14.4 Å². The number of nitrogens with zero attached hydrogens (tertiary/aromatic N) is 3. The molecule has 0 saturated carbocycles. The number of aryl methyl sites for hydroxylation is 2. The van der Waals surface area contributed by atoms with Crippen molar-refractivity contribution in [3.63, 3.8) is 0 Å². The molecule has 2 aliphatic heterocycles. The zero-order valence-electron chi connectivity index (χ0n) is 16.1. The van der Waals surface area contributed by atoms with E-state index in [1.54, 1.807) is 0 Å². The van der Waals surface area contributed by atoms with Crippen LogP contribution in [0.4, 0.5) is 0 Å². The standard InChI is InChI=1S/C21H27N3O3/c1-14-15(2)23-20-11-16(7-8-19(20)22-14)21(25)24(12-17-5-3-9-26-17)13-18-6-4-10-27-18/h7-8,11,17-18H,3-6,9-10,12-13H2,1-2H3/t17-,18-/m0/s1. The predicted octanol–water partition coefficient (Wildman–Crippen LogP) is 3.05. The molecule has 3 heterocycles. The monoisotopic (exact) mass is 369 g/mol. The van der Waals surface area contributed by atoms with E-state index in [1.807, 2.05) is 36.9 Å². The number of hydrogen-bond acceptors (Lipinski definition) is 5. The Morgan fingerprint density at radius 2 is 1.59 bits per heavy atom. The fourth-order valence-corrected chi connectivity index (χ4v) is 3.85. The fraction of sp³-hybridized carbons (Fsp3) is 0.571. The Hall–Kier alpha value is -2.05. The largest absolute Gasteiger partial charge is 0.376 e. The molecule has 0 N–H and O–H groups in total. The number of fused-ring (bicyclic) bond motifs is 1. The normalized spacial score (nSPS) is 22.4. The van der Waals surface area contributed by atoms with Crippen molar-refractivity contribution in [3.8, 4) is 0 Å². The van der Waals surface area contributed by atoms with E-state index >= 15 is 0 Å². The minimum atomic E-state index is 0.0166. The second kappa shape index (κ2) is 7.90. The third-order valence-electron chi connectivity index (χ3n) is 5.51. The zero-order valence-corrected chi connectivity index (χ0v) is 16.1. The van der Waals surface area contributed by atoms with Crippen LogP contribution < -0.4 is 0 Å².